The summed E-state index contributed by atoms with van der Waals surface area (Å²) in [5.41, 5.74) is -0.175. The lowest BCUT2D eigenvalue weighted by molar-refractivity contribution is -0.0828. The maximum atomic E-state index is 5.70. The molecule has 0 amide bonds. The molecule has 0 aromatic heterocycles. The van der Waals surface area contributed by atoms with Gasteiger partial charge in [0.25, 0.3) is 0 Å². The van der Waals surface area contributed by atoms with E-state index in [0.29, 0.717) is 6.54 Å². The van der Waals surface area contributed by atoms with Crippen LogP contribution in [-0.2, 0) is 14.2 Å². The lowest BCUT2D eigenvalue weighted by Crippen LogP contribution is -2.44. The first-order valence-electron chi connectivity index (χ1n) is 7.99. The highest BCUT2D eigenvalue weighted by Crippen LogP contribution is 2.24. The second-order valence-electron chi connectivity index (χ2n) is 5.17. The van der Waals surface area contributed by atoms with Gasteiger partial charge in [0.1, 0.15) is 0 Å². The number of hydrogen-bond acceptors (Lipinski definition) is 4. The quantitative estimate of drug-likeness (QED) is 0.380. The fraction of sp³-hybridized carbons (Fsp3) is 0.933. The molecule has 1 heterocycles. The van der Waals surface area contributed by atoms with Gasteiger partial charge in [0.2, 0.25) is 0 Å². The van der Waals surface area contributed by atoms with E-state index in [4.69, 9.17) is 14.2 Å². The summed E-state index contributed by atoms with van der Waals surface area (Å²) in [5.74, 6) is 0.844. The van der Waals surface area contributed by atoms with Gasteiger partial charge in [-0.25, -0.2) is 0 Å². The number of aliphatic imine (C=N–C) groups is 1. The van der Waals surface area contributed by atoms with E-state index in [1.807, 2.05) is 6.92 Å². The molecule has 21 heavy (non-hydrogen) atoms. The van der Waals surface area contributed by atoms with Crippen molar-refractivity contribution < 1.29 is 14.2 Å². The van der Waals surface area contributed by atoms with Gasteiger partial charge in [-0.05, 0) is 20.3 Å². The zero-order chi connectivity index (χ0) is 15.4. The third kappa shape index (κ3) is 7.11. The van der Waals surface area contributed by atoms with E-state index in [2.05, 4.69) is 22.5 Å². The van der Waals surface area contributed by atoms with Crippen LogP contribution < -0.4 is 10.6 Å². The largest absolute Gasteiger partial charge is 0.382 e. The minimum absolute atomic E-state index is 0.175. The smallest absolute Gasteiger partial charge is 0.191 e. The Morgan fingerprint density at radius 3 is 2.62 bits per heavy atom. The van der Waals surface area contributed by atoms with Crippen LogP contribution in [0.15, 0.2) is 4.99 Å². The Kier molecular flexibility index (Phi) is 9.37. The third-order valence-electron chi connectivity index (χ3n) is 3.67. The highest BCUT2D eigenvalue weighted by molar-refractivity contribution is 5.79. The minimum Gasteiger partial charge on any atom is -0.382 e. The first-order chi connectivity index (χ1) is 10.3. The van der Waals surface area contributed by atoms with Crippen molar-refractivity contribution in [3.05, 3.63) is 0 Å². The standard InChI is InChI=1S/C15H31N3O3/c1-4-16-14(17-9-6-10-20-5-2)18-13-15(19-3)7-11-21-12-8-15/h4-13H2,1-3H3,(H2,16,17,18). The number of nitrogens with one attached hydrogen (secondary N) is 2. The van der Waals surface area contributed by atoms with E-state index in [9.17, 15) is 0 Å². The molecular weight excluding hydrogens is 270 g/mol. The molecule has 0 aromatic carbocycles. The normalized spacial score (nSPS) is 18.5. The van der Waals surface area contributed by atoms with Crippen molar-refractivity contribution in [2.24, 2.45) is 4.99 Å². The molecule has 124 valence electrons. The Labute approximate surface area is 128 Å². The lowest BCUT2D eigenvalue weighted by Gasteiger charge is -2.34. The lowest BCUT2D eigenvalue weighted by atomic mass is 9.94. The van der Waals surface area contributed by atoms with Gasteiger partial charge in [-0.2, -0.15) is 0 Å². The first kappa shape index (κ1) is 18.2. The van der Waals surface area contributed by atoms with Gasteiger partial charge in [0.15, 0.2) is 5.96 Å². The van der Waals surface area contributed by atoms with E-state index in [1.54, 1.807) is 7.11 Å². The molecule has 6 heteroatoms. The van der Waals surface area contributed by atoms with Crippen LogP contribution in [0, 0.1) is 0 Å². The van der Waals surface area contributed by atoms with Crippen LogP contribution in [0.25, 0.3) is 0 Å². The Balaban J connectivity index is 2.41. The Hall–Kier alpha value is -0.850. The molecule has 0 spiro atoms. The number of guanidine groups is 1. The molecule has 6 nitrogen and oxygen atoms in total. The summed E-state index contributed by atoms with van der Waals surface area (Å²) in [6.45, 7) is 9.50. The zero-order valence-corrected chi connectivity index (χ0v) is 13.7. The Morgan fingerprint density at radius 1 is 1.24 bits per heavy atom. The molecule has 2 N–H and O–H groups in total. The van der Waals surface area contributed by atoms with Crippen LogP contribution in [0.2, 0.25) is 0 Å². The molecule has 0 unspecified atom stereocenters. The van der Waals surface area contributed by atoms with E-state index < -0.39 is 0 Å². The van der Waals surface area contributed by atoms with E-state index >= 15 is 0 Å². The molecule has 0 radical (unpaired) electrons. The van der Waals surface area contributed by atoms with Crippen molar-refractivity contribution in [1.29, 1.82) is 0 Å². The monoisotopic (exact) mass is 301 g/mol. The summed E-state index contributed by atoms with van der Waals surface area (Å²) in [6.07, 6.45) is 2.77. The minimum atomic E-state index is -0.175. The van der Waals surface area contributed by atoms with Gasteiger partial charge in [0, 0.05) is 59.5 Å². The van der Waals surface area contributed by atoms with Crippen LogP contribution in [0.1, 0.15) is 33.1 Å². The molecule has 0 aliphatic carbocycles. The molecule has 1 aliphatic heterocycles. The third-order valence-corrected chi connectivity index (χ3v) is 3.67. The molecule has 0 atom stereocenters. The summed E-state index contributed by atoms with van der Waals surface area (Å²) in [7, 11) is 1.77. The maximum Gasteiger partial charge on any atom is 0.191 e. The van der Waals surface area contributed by atoms with Crippen molar-refractivity contribution in [3.8, 4) is 0 Å². The van der Waals surface area contributed by atoms with Gasteiger partial charge < -0.3 is 24.8 Å². The van der Waals surface area contributed by atoms with Gasteiger partial charge in [0.05, 0.1) is 12.1 Å². The molecule has 0 bridgehead atoms. The van der Waals surface area contributed by atoms with Crippen LogP contribution >= 0.6 is 0 Å². The second kappa shape index (κ2) is 10.8. The van der Waals surface area contributed by atoms with Crippen molar-refractivity contribution in [2.75, 3.05) is 53.2 Å². The van der Waals surface area contributed by atoms with E-state index in [1.165, 1.54) is 0 Å². The fourth-order valence-electron chi connectivity index (χ4n) is 2.26. The van der Waals surface area contributed by atoms with Crippen molar-refractivity contribution >= 4 is 5.96 Å². The van der Waals surface area contributed by atoms with E-state index in [-0.39, 0.29) is 5.60 Å². The van der Waals surface area contributed by atoms with Gasteiger partial charge in [-0.1, -0.05) is 0 Å². The zero-order valence-electron chi connectivity index (χ0n) is 13.7. The number of nitrogens with zero attached hydrogens (tertiary/aromatic N) is 1. The molecule has 1 saturated heterocycles. The topological polar surface area (TPSA) is 64.1 Å². The molecule has 1 fully saturated rings. The number of ether oxygens (including phenoxy) is 3. The molecule has 1 rings (SSSR count). The second-order valence-corrected chi connectivity index (χ2v) is 5.17. The van der Waals surface area contributed by atoms with Crippen LogP contribution in [0.4, 0.5) is 0 Å². The summed E-state index contributed by atoms with van der Waals surface area (Å²) in [6, 6.07) is 0. The fourth-order valence-corrected chi connectivity index (χ4v) is 2.26. The Bertz CT molecular complexity index is 292. The molecule has 0 saturated carbocycles. The van der Waals surface area contributed by atoms with Crippen molar-refractivity contribution in [1.82, 2.24) is 10.6 Å². The highest BCUT2D eigenvalue weighted by Gasteiger charge is 2.32. The predicted octanol–water partition coefficient (Wildman–Crippen LogP) is 1.16. The molecule has 1 aliphatic rings. The highest BCUT2D eigenvalue weighted by atomic mass is 16.5. The summed E-state index contributed by atoms with van der Waals surface area (Å²) >= 11 is 0. The first-order valence-corrected chi connectivity index (χ1v) is 7.99. The SMILES string of the molecule is CCNC(=NCC1(OC)CCOCC1)NCCCOCC. The Morgan fingerprint density at radius 2 is 2.00 bits per heavy atom. The van der Waals surface area contributed by atoms with Gasteiger partial charge >= 0.3 is 0 Å². The summed E-state index contributed by atoms with van der Waals surface area (Å²) in [5, 5.41) is 6.60. The molecule has 0 aromatic rings. The van der Waals surface area contributed by atoms with Crippen molar-refractivity contribution in [3.63, 3.8) is 0 Å². The maximum absolute atomic E-state index is 5.70. The predicted molar refractivity (Wildman–Crippen MR) is 84.9 cm³/mol. The van der Waals surface area contributed by atoms with Crippen molar-refractivity contribution in [2.45, 2.75) is 38.7 Å². The summed E-state index contributed by atoms with van der Waals surface area (Å²) in [4.78, 5) is 4.67. The van der Waals surface area contributed by atoms with Crippen LogP contribution in [-0.4, -0.2) is 64.7 Å². The van der Waals surface area contributed by atoms with Crippen LogP contribution in [0.3, 0.4) is 0 Å². The number of rotatable bonds is 9. The number of methoxy groups -OCH3 is 1. The average molecular weight is 301 g/mol. The summed E-state index contributed by atoms with van der Waals surface area (Å²) < 4.78 is 16.4. The van der Waals surface area contributed by atoms with E-state index in [0.717, 1.165) is 64.7 Å². The molecular formula is C15H31N3O3. The van der Waals surface area contributed by atoms with Gasteiger partial charge in [-0.15, -0.1) is 0 Å². The van der Waals surface area contributed by atoms with Gasteiger partial charge in [-0.3, -0.25) is 4.99 Å². The average Bonchev–Trinajstić information content (AvgIpc) is 2.53. The number of hydrogen-bond donors (Lipinski definition) is 2. The van der Waals surface area contributed by atoms with Crippen LogP contribution in [0.5, 0.6) is 0 Å².